The van der Waals surface area contributed by atoms with Crippen molar-refractivity contribution >= 4 is 45.1 Å². The van der Waals surface area contributed by atoms with E-state index < -0.39 is 17.2 Å². The monoisotopic (exact) mass is 381 g/mol. The summed E-state index contributed by atoms with van der Waals surface area (Å²) in [7, 11) is 0. The molecular weight excluding hydrogens is 370 g/mol. The lowest BCUT2D eigenvalue weighted by molar-refractivity contribution is 0.102. The third-order valence-corrected chi connectivity index (χ3v) is 4.38. The van der Waals surface area contributed by atoms with Gasteiger partial charge in [-0.05, 0) is 48.9 Å². The SMILES string of the molecule is Cc1cc(=O)oc2cc(NC(=O)c3cc4cc(Cl)ccc4oc3=O)ccc12. The van der Waals surface area contributed by atoms with E-state index in [4.69, 9.17) is 20.4 Å². The standard InChI is InChI=1S/C20H12ClNO5/c1-10-6-18(23)26-17-9-13(3-4-14(10)17)22-19(24)15-8-11-7-12(21)2-5-16(11)27-20(15)25/h2-9H,1H3,(H,22,24). The first-order valence-corrected chi connectivity index (χ1v) is 8.38. The molecule has 2 heterocycles. The van der Waals surface area contributed by atoms with Gasteiger partial charge in [0.15, 0.2) is 0 Å². The molecule has 0 fully saturated rings. The zero-order chi connectivity index (χ0) is 19.1. The van der Waals surface area contributed by atoms with Gasteiger partial charge in [0.2, 0.25) is 0 Å². The van der Waals surface area contributed by atoms with Gasteiger partial charge in [-0.1, -0.05) is 11.6 Å². The molecule has 0 bridgehead atoms. The highest BCUT2D eigenvalue weighted by molar-refractivity contribution is 6.31. The normalized spacial score (nSPS) is 11.0. The van der Waals surface area contributed by atoms with Crippen LogP contribution in [0.25, 0.3) is 21.9 Å². The molecule has 0 radical (unpaired) electrons. The summed E-state index contributed by atoms with van der Waals surface area (Å²) in [6, 6.07) is 12.5. The molecule has 2 aromatic heterocycles. The number of hydrogen-bond donors (Lipinski definition) is 1. The Hall–Kier alpha value is -3.38. The van der Waals surface area contributed by atoms with Crippen molar-refractivity contribution < 1.29 is 13.6 Å². The number of halogens is 1. The van der Waals surface area contributed by atoms with E-state index in [1.54, 1.807) is 37.3 Å². The minimum Gasteiger partial charge on any atom is -0.423 e. The zero-order valence-corrected chi connectivity index (χ0v) is 14.8. The van der Waals surface area contributed by atoms with E-state index in [1.807, 2.05) is 0 Å². The molecule has 4 rings (SSSR count). The molecule has 0 aliphatic heterocycles. The first kappa shape index (κ1) is 17.1. The van der Waals surface area contributed by atoms with Crippen LogP contribution in [0, 0.1) is 6.92 Å². The molecule has 0 aliphatic carbocycles. The predicted molar refractivity (Wildman–Crippen MR) is 103 cm³/mol. The van der Waals surface area contributed by atoms with E-state index in [0.717, 1.165) is 10.9 Å². The Bertz CT molecular complexity index is 1340. The Morgan fingerprint density at radius 1 is 0.963 bits per heavy atom. The quantitative estimate of drug-likeness (QED) is 0.528. The summed E-state index contributed by atoms with van der Waals surface area (Å²) < 4.78 is 10.3. The summed E-state index contributed by atoms with van der Waals surface area (Å²) in [6.45, 7) is 1.79. The van der Waals surface area contributed by atoms with Gasteiger partial charge in [-0.25, -0.2) is 9.59 Å². The molecule has 4 aromatic rings. The van der Waals surface area contributed by atoms with Crippen LogP contribution in [0.15, 0.2) is 67.0 Å². The average molecular weight is 382 g/mol. The molecule has 0 saturated heterocycles. The second-order valence-electron chi connectivity index (χ2n) is 6.04. The van der Waals surface area contributed by atoms with Crippen molar-refractivity contribution in [2.45, 2.75) is 6.92 Å². The smallest absolute Gasteiger partial charge is 0.349 e. The van der Waals surface area contributed by atoms with E-state index in [0.29, 0.717) is 27.3 Å². The van der Waals surface area contributed by atoms with E-state index in [-0.39, 0.29) is 5.56 Å². The van der Waals surface area contributed by atoms with Crippen LogP contribution in [0.2, 0.25) is 5.02 Å². The number of fused-ring (bicyclic) bond motifs is 2. The summed E-state index contributed by atoms with van der Waals surface area (Å²) in [4.78, 5) is 36.2. The van der Waals surface area contributed by atoms with Crippen LogP contribution in [0.1, 0.15) is 15.9 Å². The summed E-state index contributed by atoms with van der Waals surface area (Å²) in [5.41, 5.74) is 0.439. The fourth-order valence-corrected chi connectivity index (χ4v) is 3.03. The van der Waals surface area contributed by atoms with Gasteiger partial charge in [-0.15, -0.1) is 0 Å². The lowest BCUT2D eigenvalue weighted by Gasteiger charge is -2.07. The Kier molecular flexibility index (Phi) is 4.05. The number of carbonyl (C=O) groups excluding carboxylic acids is 1. The van der Waals surface area contributed by atoms with Crippen molar-refractivity contribution in [3.8, 4) is 0 Å². The summed E-state index contributed by atoms with van der Waals surface area (Å²) in [5.74, 6) is -0.639. The Balaban J connectivity index is 1.72. The van der Waals surface area contributed by atoms with Crippen LogP contribution in [-0.2, 0) is 0 Å². The Morgan fingerprint density at radius 3 is 2.59 bits per heavy atom. The molecule has 0 spiro atoms. The number of benzene rings is 2. The summed E-state index contributed by atoms with van der Waals surface area (Å²) in [5, 5.41) is 4.37. The molecule has 0 aliphatic rings. The van der Waals surface area contributed by atoms with E-state index in [2.05, 4.69) is 5.32 Å². The summed E-state index contributed by atoms with van der Waals surface area (Å²) in [6.07, 6.45) is 0. The Labute approximate surface area is 157 Å². The fraction of sp³-hybridized carbons (Fsp3) is 0.0500. The molecule has 6 nitrogen and oxygen atoms in total. The molecular formula is C20H12ClNO5. The van der Waals surface area contributed by atoms with Gasteiger partial charge < -0.3 is 14.2 Å². The number of anilines is 1. The van der Waals surface area contributed by atoms with E-state index in [1.165, 1.54) is 18.2 Å². The zero-order valence-electron chi connectivity index (χ0n) is 14.0. The molecule has 1 N–H and O–H groups in total. The molecule has 1 amide bonds. The minimum absolute atomic E-state index is 0.157. The van der Waals surface area contributed by atoms with Gasteiger partial charge >= 0.3 is 11.3 Å². The second kappa shape index (κ2) is 6.41. The van der Waals surface area contributed by atoms with Crippen LogP contribution in [-0.4, -0.2) is 5.91 Å². The van der Waals surface area contributed by atoms with Crippen molar-refractivity contribution in [3.63, 3.8) is 0 Å². The van der Waals surface area contributed by atoms with Crippen molar-refractivity contribution in [2.24, 2.45) is 0 Å². The van der Waals surface area contributed by atoms with E-state index >= 15 is 0 Å². The fourth-order valence-electron chi connectivity index (χ4n) is 2.85. The maximum atomic E-state index is 12.5. The van der Waals surface area contributed by atoms with Gasteiger partial charge in [0.1, 0.15) is 16.7 Å². The number of nitrogens with one attached hydrogen (secondary N) is 1. The predicted octanol–water partition coefficient (Wildman–Crippen LogP) is 4.11. The van der Waals surface area contributed by atoms with Crippen molar-refractivity contribution in [1.82, 2.24) is 0 Å². The van der Waals surface area contributed by atoms with Crippen molar-refractivity contribution in [1.29, 1.82) is 0 Å². The van der Waals surface area contributed by atoms with Gasteiger partial charge in [-0.2, -0.15) is 0 Å². The topological polar surface area (TPSA) is 89.5 Å². The van der Waals surface area contributed by atoms with Crippen molar-refractivity contribution in [3.05, 3.63) is 85.5 Å². The largest absolute Gasteiger partial charge is 0.423 e. The highest BCUT2D eigenvalue weighted by Gasteiger charge is 2.15. The second-order valence-corrected chi connectivity index (χ2v) is 6.48. The maximum Gasteiger partial charge on any atom is 0.349 e. The lowest BCUT2D eigenvalue weighted by Crippen LogP contribution is -2.20. The van der Waals surface area contributed by atoms with E-state index in [9.17, 15) is 14.4 Å². The molecule has 27 heavy (non-hydrogen) atoms. The van der Waals surface area contributed by atoms with Gasteiger partial charge in [0.25, 0.3) is 5.91 Å². The lowest BCUT2D eigenvalue weighted by atomic mass is 10.1. The summed E-state index contributed by atoms with van der Waals surface area (Å²) >= 11 is 5.94. The van der Waals surface area contributed by atoms with Crippen LogP contribution in [0.5, 0.6) is 0 Å². The minimum atomic E-state index is -0.759. The molecule has 0 atom stereocenters. The molecule has 0 saturated carbocycles. The number of rotatable bonds is 2. The third kappa shape index (κ3) is 3.22. The first-order chi connectivity index (χ1) is 12.9. The third-order valence-electron chi connectivity index (χ3n) is 4.15. The van der Waals surface area contributed by atoms with Gasteiger partial charge in [-0.3, -0.25) is 4.79 Å². The highest BCUT2D eigenvalue weighted by atomic mass is 35.5. The van der Waals surface area contributed by atoms with Crippen LogP contribution < -0.4 is 16.6 Å². The van der Waals surface area contributed by atoms with Gasteiger partial charge in [0.05, 0.1) is 0 Å². The molecule has 2 aromatic carbocycles. The van der Waals surface area contributed by atoms with Crippen LogP contribution in [0.3, 0.4) is 0 Å². The number of amides is 1. The van der Waals surface area contributed by atoms with Crippen molar-refractivity contribution in [2.75, 3.05) is 5.32 Å². The Morgan fingerprint density at radius 2 is 1.78 bits per heavy atom. The highest BCUT2D eigenvalue weighted by Crippen LogP contribution is 2.22. The van der Waals surface area contributed by atoms with Crippen LogP contribution in [0.4, 0.5) is 5.69 Å². The molecule has 7 heteroatoms. The molecule has 0 unspecified atom stereocenters. The average Bonchev–Trinajstić information content (AvgIpc) is 2.61. The first-order valence-electron chi connectivity index (χ1n) is 8.00. The number of aryl methyl sites for hydroxylation is 1. The maximum absolute atomic E-state index is 12.5. The number of carbonyl (C=O) groups is 1. The van der Waals surface area contributed by atoms with Crippen LogP contribution >= 0.6 is 11.6 Å². The number of hydrogen-bond acceptors (Lipinski definition) is 5. The van der Waals surface area contributed by atoms with Gasteiger partial charge in [0, 0.05) is 33.6 Å². The molecule has 134 valence electrons.